The maximum absolute atomic E-state index is 12.6. The highest BCUT2D eigenvalue weighted by Crippen LogP contribution is 2.16. The maximum atomic E-state index is 12.6. The van der Waals surface area contributed by atoms with Crippen LogP contribution in [-0.4, -0.2) is 47.8 Å². The van der Waals surface area contributed by atoms with Gasteiger partial charge in [0.1, 0.15) is 0 Å². The second-order valence-corrected chi connectivity index (χ2v) is 5.23. The van der Waals surface area contributed by atoms with Crippen molar-refractivity contribution in [3.8, 4) is 0 Å². The lowest BCUT2D eigenvalue weighted by Gasteiger charge is -2.22. The molecule has 0 saturated carbocycles. The van der Waals surface area contributed by atoms with Crippen molar-refractivity contribution < 1.29 is 9.59 Å². The highest BCUT2D eigenvalue weighted by molar-refractivity contribution is 5.96. The maximum Gasteiger partial charge on any atom is 0.254 e. The first-order valence-electron chi connectivity index (χ1n) is 6.90. The van der Waals surface area contributed by atoms with Gasteiger partial charge >= 0.3 is 0 Å². The van der Waals surface area contributed by atoms with Gasteiger partial charge in [0.2, 0.25) is 5.91 Å². The summed E-state index contributed by atoms with van der Waals surface area (Å²) in [6, 6.07) is 5.39. The van der Waals surface area contributed by atoms with Crippen molar-refractivity contribution in [3.05, 3.63) is 29.3 Å². The number of carbonyl (C=O) groups is 2. The van der Waals surface area contributed by atoms with Gasteiger partial charge in [-0.1, -0.05) is 6.07 Å². The molecule has 2 amide bonds. The minimum absolute atomic E-state index is 0.000187. The molecule has 1 aliphatic rings. The van der Waals surface area contributed by atoms with E-state index in [0.717, 1.165) is 18.5 Å². The van der Waals surface area contributed by atoms with E-state index in [-0.39, 0.29) is 11.8 Å². The number of carbonyl (C=O) groups excluding carboxylic acids is 2. The highest BCUT2D eigenvalue weighted by Gasteiger charge is 2.22. The number of nitrogens with zero attached hydrogens (tertiary/aromatic N) is 2. The van der Waals surface area contributed by atoms with Gasteiger partial charge in [0.05, 0.1) is 0 Å². The van der Waals surface area contributed by atoms with Crippen LogP contribution in [0.15, 0.2) is 18.2 Å². The third kappa shape index (κ3) is 3.10. The van der Waals surface area contributed by atoms with Crippen molar-refractivity contribution in [3.63, 3.8) is 0 Å². The predicted octanol–water partition coefficient (Wildman–Crippen LogP) is 1.27. The van der Waals surface area contributed by atoms with E-state index >= 15 is 0 Å². The molecule has 2 N–H and O–H groups in total. The Hall–Kier alpha value is -2.04. The number of benzene rings is 1. The van der Waals surface area contributed by atoms with E-state index in [9.17, 15) is 9.59 Å². The van der Waals surface area contributed by atoms with Crippen molar-refractivity contribution in [1.82, 2.24) is 9.80 Å². The van der Waals surface area contributed by atoms with Crippen LogP contribution in [-0.2, 0) is 4.79 Å². The summed E-state index contributed by atoms with van der Waals surface area (Å²) in [5.41, 5.74) is 7.94. The number of anilines is 1. The predicted molar refractivity (Wildman–Crippen MR) is 78.4 cm³/mol. The molecule has 0 aliphatic carbocycles. The molecular weight excluding hydrogens is 254 g/mol. The quantitative estimate of drug-likeness (QED) is 0.785. The number of hydrogen-bond donors (Lipinski definition) is 1. The molecular formula is C15H21N3O2. The van der Waals surface area contributed by atoms with E-state index in [1.165, 1.54) is 0 Å². The molecule has 2 rings (SSSR count). The average Bonchev–Trinajstić information content (AvgIpc) is 2.66. The van der Waals surface area contributed by atoms with Gasteiger partial charge in [0.25, 0.3) is 5.91 Å². The van der Waals surface area contributed by atoms with Crippen molar-refractivity contribution in [2.75, 3.05) is 31.9 Å². The fourth-order valence-electron chi connectivity index (χ4n) is 2.48. The summed E-state index contributed by atoms with van der Waals surface area (Å²) in [6.07, 6.45) is 0.812. The molecule has 1 aromatic rings. The smallest absolute Gasteiger partial charge is 0.254 e. The van der Waals surface area contributed by atoms with Crippen molar-refractivity contribution in [2.45, 2.75) is 20.3 Å². The van der Waals surface area contributed by atoms with Crippen LogP contribution in [0.25, 0.3) is 0 Å². The van der Waals surface area contributed by atoms with E-state index in [4.69, 9.17) is 5.73 Å². The lowest BCUT2D eigenvalue weighted by Crippen LogP contribution is -2.36. The Morgan fingerprint density at radius 1 is 1.10 bits per heavy atom. The second kappa shape index (κ2) is 5.94. The second-order valence-electron chi connectivity index (χ2n) is 5.23. The van der Waals surface area contributed by atoms with Crippen LogP contribution in [0.2, 0.25) is 0 Å². The number of nitrogens with two attached hydrogens (primary N) is 1. The number of hydrogen-bond acceptors (Lipinski definition) is 3. The van der Waals surface area contributed by atoms with Crippen molar-refractivity contribution in [1.29, 1.82) is 0 Å². The van der Waals surface area contributed by atoms with Crippen LogP contribution >= 0.6 is 0 Å². The first kappa shape index (κ1) is 14.4. The molecule has 0 spiro atoms. The summed E-state index contributed by atoms with van der Waals surface area (Å²) in [5, 5.41) is 0. The van der Waals surface area contributed by atoms with Gasteiger partial charge in [-0.2, -0.15) is 0 Å². The standard InChI is InChI=1S/C15H21N3O2/c1-11-4-5-13(16)10-14(11)15(20)18-7-3-6-17(8-9-18)12(2)19/h4-5,10H,3,6-9,16H2,1-2H3. The van der Waals surface area contributed by atoms with E-state index < -0.39 is 0 Å². The average molecular weight is 275 g/mol. The van der Waals surface area contributed by atoms with Gasteiger partial charge in [-0.05, 0) is 31.0 Å². The van der Waals surface area contributed by atoms with Gasteiger partial charge in [-0.25, -0.2) is 0 Å². The number of rotatable bonds is 1. The molecule has 1 heterocycles. The molecule has 0 atom stereocenters. The lowest BCUT2D eigenvalue weighted by atomic mass is 10.1. The molecule has 108 valence electrons. The topological polar surface area (TPSA) is 66.6 Å². The molecule has 20 heavy (non-hydrogen) atoms. The van der Waals surface area contributed by atoms with Crippen LogP contribution in [0.5, 0.6) is 0 Å². The van der Waals surface area contributed by atoms with E-state index in [0.29, 0.717) is 30.9 Å². The number of amides is 2. The fourth-order valence-corrected chi connectivity index (χ4v) is 2.48. The molecule has 1 fully saturated rings. The zero-order chi connectivity index (χ0) is 14.7. The Morgan fingerprint density at radius 3 is 2.45 bits per heavy atom. The minimum Gasteiger partial charge on any atom is -0.399 e. The van der Waals surface area contributed by atoms with Crippen LogP contribution in [0.4, 0.5) is 5.69 Å². The molecule has 5 heteroatoms. The third-order valence-corrected chi connectivity index (χ3v) is 3.72. The summed E-state index contributed by atoms with van der Waals surface area (Å²) >= 11 is 0. The summed E-state index contributed by atoms with van der Waals surface area (Å²) in [5.74, 6) is 0.0691. The fraction of sp³-hybridized carbons (Fsp3) is 0.467. The molecule has 1 aromatic carbocycles. The molecule has 0 unspecified atom stereocenters. The minimum atomic E-state index is 0.000187. The Balaban J connectivity index is 2.13. The number of nitrogen functional groups attached to an aromatic ring is 1. The van der Waals surface area contributed by atoms with E-state index in [1.54, 1.807) is 24.0 Å². The summed E-state index contributed by atoms with van der Waals surface area (Å²) < 4.78 is 0. The van der Waals surface area contributed by atoms with Gasteiger partial charge < -0.3 is 15.5 Å². The zero-order valence-corrected chi connectivity index (χ0v) is 12.1. The van der Waals surface area contributed by atoms with E-state index in [2.05, 4.69) is 0 Å². The van der Waals surface area contributed by atoms with Gasteiger partial charge in [0.15, 0.2) is 0 Å². The zero-order valence-electron chi connectivity index (χ0n) is 12.1. The summed E-state index contributed by atoms with van der Waals surface area (Å²) in [6.45, 7) is 6.05. The molecule has 1 saturated heterocycles. The van der Waals surface area contributed by atoms with Crippen LogP contribution < -0.4 is 5.73 Å². The molecule has 5 nitrogen and oxygen atoms in total. The lowest BCUT2D eigenvalue weighted by molar-refractivity contribution is -0.128. The monoisotopic (exact) mass is 275 g/mol. The third-order valence-electron chi connectivity index (χ3n) is 3.72. The molecule has 1 aliphatic heterocycles. The SMILES string of the molecule is CC(=O)N1CCCN(C(=O)c2cc(N)ccc2C)CC1. The largest absolute Gasteiger partial charge is 0.399 e. The molecule has 0 radical (unpaired) electrons. The summed E-state index contributed by atoms with van der Waals surface area (Å²) in [7, 11) is 0. The normalized spacial score (nSPS) is 15.9. The first-order valence-corrected chi connectivity index (χ1v) is 6.90. The van der Waals surface area contributed by atoms with Gasteiger partial charge in [-0.3, -0.25) is 9.59 Å². The van der Waals surface area contributed by atoms with Gasteiger partial charge in [-0.15, -0.1) is 0 Å². The van der Waals surface area contributed by atoms with Crippen molar-refractivity contribution in [2.24, 2.45) is 0 Å². The Kier molecular flexibility index (Phi) is 4.27. The Bertz CT molecular complexity index is 528. The van der Waals surface area contributed by atoms with Crippen molar-refractivity contribution >= 4 is 17.5 Å². The number of aryl methyl sites for hydroxylation is 1. The van der Waals surface area contributed by atoms with Gasteiger partial charge in [0, 0.05) is 44.4 Å². The molecule has 0 aromatic heterocycles. The highest BCUT2D eigenvalue weighted by atomic mass is 16.2. The van der Waals surface area contributed by atoms with Crippen LogP contribution in [0.3, 0.4) is 0 Å². The van der Waals surface area contributed by atoms with Crippen LogP contribution in [0.1, 0.15) is 29.3 Å². The van der Waals surface area contributed by atoms with E-state index in [1.807, 2.05) is 17.9 Å². The van der Waals surface area contributed by atoms with Crippen LogP contribution in [0, 0.1) is 6.92 Å². The summed E-state index contributed by atoms with van der Waals surface area (Å²) in [4.78, 5) is 27.6. The first-order chi connectivity index (χ1) is 9.49. The Morgan fingerprint density at radius 2 is 1.75 bits per heavy atom. The Labute approximate surface area is 119 Å². The molecule has 0 bridgehead atoms.